The Labute approximate surface area is 144 Å². The lowest BCUT2D eigenvalue weighted by atomic mass is 10.1. The first-order valence-corrected chi connectivity index (χ1v) is 8.79. The Hall–Kier alpha value is -2.29. The van der Waals surface area contributed by atoms with Gasteiger partial charge in [0.25, 0.3) is 5.91 Å². The summed E-state index contributed by atoms with van der Waals surface area (Å²) in [6.45, 7) is 9.75. The molecule has 0 aromatic heterocycles. The Kier molecular flexibility index (Phi) is 4.89. The van der Waals surface area contributed by atoms with Crippen LogP contribution < -0.4 is 4.90 Å². The smallest absolute Gasteiger partial charge is 0.253 e. The van der Waals surface area contributed by atoms with E-state index in [9.17, 15) is 4.79 Å². The van der Waals surface area contributed by atoms with Crippen LogP contribution in [0.1, 0.15) is 34.0 Å². The third-order valence-corrected chi connectivity index (χ3v) is 4.87. The lowest BCUT2D eigenvalue weighted by Crippen LogP contribution is -2.49. The molecule has 1 heterocycles. The summed E-state index contributed by atoms with van der Waals surface area (Å²) in [6.07, 6.45) is 1.00. The standard InChI is InChI=1S/C21H26N2O/c1-4-18-6-8-19(9-7-18)21(24)23-13-11-22(12-14-23)20-10-5-16(2)15-17(20)3/h5-10,15H,4,11-14H2,1-3H3. The fraction of sp³-hybridized carbons (Fsp3) is 0.381. The third-order valence-electron chi connectivity index (χ3n) is 4.87. The number of piperazine rings is 1. The van der Waals surface area contributed by atoms with E-state index in [4.69, 9.17) is 0 Å². The van der Waals surface area contributed by atoms with Crippen molar-refractivity contribution in [2.45, 2.75) is 27.2 Å². The van der Waals surface area contributed by atoms with E-state index >= 15 is 0 Å². The zero-order chi connectivity index (χ0) is 17.1. The maximum Gasteiger partial charge on any atom is 0.253 e. The molecule has 0 radical (unpaired) electrons. The number of carbonyl (C=O) groups is 1. The lowest BCUT2D eigenvalue weighted by Gasteiger charge is -2.37. The summed E-state index contributed by atoms with van der Waals surface area (Å²) in [5.74, 6) is 0.151. The lowest BCUT2D eigenvalue weighted by molar-refractivity contribution is 0.0747. The van der Waals surface area contributed by atoms with Gasteiger partial charge < -0.3 is 9.80 Å². The van der Waals surface area contributed by atoms with E-state index in [0.717, 1.165) is 38.2 Å². The largest absolute Gasteiger partial charge is 0.368 e. The molecule has 3 nitrogen and oxygen atoms in total. The average Bonchev–Trinajstić information content (AvgIpc) is 2.61. The predicted octanol–water partition coefficient (Wildman–Crippen LogP) is 3.83. The molecule has 1 fully saturated rings. The molecule has 0 N–H and O–H groups in total. The summed E-state index contributed by atoms with van der Waals surface area (Å²) < 4.78 is 0. The molecule has 0 unspecified atom stereocenters. The first kappa shape index (κ1) is 16.6. The number of aryl methyl sites for hydroxylation is 3. The molecule has 126 valence electrons. The van der Waals surface area contributed by atoms with Gasteiger partial charge in [0.05, 0.1) is 0 Å². The minimum atomic E-state index is 0.151. The monoisotopic (exact) mass is 322 g/mol. The molecule has 24 heavy (non-hydrogen) atoms. The van der Waals surface area contributed by atoms with Crippen LogP contribution in [0.15, 0.2) is 42.5 Å². The molecular weight excluding hydrogens is 296 g/mol. The van der Waals surface area contributed by atoms with Gasteiger partial charge in [0.2, 0.25) is 0 Å². The predicted molar refractivity (Wildman–Crippen MR) is 99.9 cm³/mol. The van der Waals surface area contributed by atoms with Crippen molar-refractivity contribution in [3.8, 4) is 0 Å². The van der Waals surface area contributed by atoms with Gasteiger partial charge in [-0.25, -0.2) is 0 Å². The number of rotatable bonds is 3. The first-order valence-electron chi connectivity index (χ1n) is 8.79. The molecule has 1 amide bonds. The number of hydrogen-bond donors (Lipinski definition) is 0. The minimum Gasteiger partial charge on any atom is -0.368 e. The number of amides is 1. The Morgan fingerprint density at radius 1 is 0.958 bits per heavy atom. The molecule has 2 aromatic rings. The molecule has 1 saturated heterocycles. The van der Waals surface area contributed by atoms with E-state index in [2.05, 4.69) is 56.0 Å². The van der Waals surface area contributed by atoms with Gasteiger partial charge in [-0.05, 0) is 49.6 Å². The van der Waals surface area contributed by atoms with Crippen molar-refractivity contribution in [1.29, 1.82) is 0 Å². The molecule has 0 atom stereocenters. The van der Waals surface area contributed by atoms with E-state index in [1.165, 1.54) is 22.4 Å². The van der Waals surface area contributed by atoms with Crippen LogP contribution >= 0.6 is 0 Å². The summed E-state index contributed by atoms with van der Waals surface area (Å²) in [6, 6.07) is 14.6. The molecule has 3 rings (SSSR count). The fourth-order valence-electron chi connectivity index (χ4n) is 3.38. The van der Waals surface area contributed by atoms with E-state index < -0.39 is 0 Å². The highest BCUT2D eigenvalue weighted by molar-refractivity contribution is 5.94. The van der Waals surface area contributed by atoms with Gasteiger partial charge in [-0.3, -0.25) is 4.79 Å². The second-order valence-electron chi connectivity index (χ2n) is 6.62. The zero-order valence-electron chi connectivity index (χ0n) is 14.9. The maximum atomic E-state index is 12.7. The average molecular weight is 322 g/mol. The summed E-state index contributed by atoms with van der Waals surface area (Å²) in [4.78, 5) is 17.0. The van der Waals surface area contributed by atoms with Crippen LogP contribution in [0.4, 0.5) is 5.69 Å². The highest BCUT2D eigenvalue weighted by atomic mass is 16.2. The van der Waals surface area contributed by atoms with E-state index in [1.54, 1.807) is 0 Å². The van der Waals surface area contributed by atoms with Crippen LogP contribution in [0.3, 0.4) is 0 Å². The molecule has 3 heteroatoms. The topological polar surface area (TPSA) is 23.6 Å². The zero-order valence-corrected chi connectivity index (χ0v) is 14.9. The Balaban J connectivity index is 1.64. The minimum absolute atomic E-state index is 0.151. The molecule has 0 spiro atoms. The third kappa shape index (κ3) is 3.45. The SMILES string of the molecule is CCc1ccc(C(=O)N2CCN(c3ccc(C)cc3C)CC2)cc1. The Morgan fingerprint density at radius 3 is 2.21 bits per heavy atom. The Bertz CT molecular complexity index is 713. The van der Waals surface area contributed by atoms with Gasteiger partial charge in [0.1, 0.15) is 0 Å². The van der Waals surface area contributed by atoms with Gasteiger partial charge >= 0.3 is 0 Å². The molecule has 2 aromatic carbocycles. The summed E-state index contributed by atoms with van der Waals surface area (Å²) in [7, 11) is 0. The highest BCUT2D eigenvalue weighted by Gasteiger charge is 2.22. The summed E-state index contributed by atoms with van der Waals surface area (Å²) >= 11 is 0. The second-order valence-corrected chi connectivity index (χ2v) is 6.62. The molecule has 0 bridgehead atoms. The molecule has 1 aliphatic heterocycles. The normalized spacial score (nSPS) is 14.8. The van der Waals surface area contributed by atoms with E-state index in [-0.39, 0.29) is 5.91 Å². The molecule has 0 aliphatic carbocycles. The van der Waals surface area contributed by atoms with Crippen molar-refractivity contribution in [3.05, 3.63) is 64.7 Å². The highest BCUT2D eigenvalue weighted by Crippen LogP contribution is 2.23. The van der Waals surface area contributed by atoms with Gasteiger partial charge in [0, 0.05) is 37.4 Å². The van der Waals surface area contributed by atoms with Crippen LogP contribution in [-0.2, 0) is 6.42 Å². The number of benzene rings is 2. The van der Waals surface area contributed by atoms with Crippen LogP contribution in [0.25, 0.3) is 0 Å². The van der Waals surface area contributed by atoms with Gasteiger partial charge in [-0.15, -0.1) is 0 Å². The van der Waals surface area contributed by atoms with Crippen LogP contribution in [0.5, 0.6) is 0 Å². The number of nitrogens with zero attached hydrogens (tertiary/aromatic N) is 2. The summed E-state index contributed by atoms with van der Waals surface area (Å²) in [5, 5.41) is 0. The van der Waals surface area contributed by atoms with Crippen LogP contribution in [0.2, 0.25) is 0 Å². The Morgan fingerprint density at radius 2 is 1.62 bits per heavy atom. The summed E-state index contributed by atoms with van der Waals surface area (Å²) in [5.41, 5.74) is 5.96. The van der Waals surface area contributed by atoms with Crippen LogP contribution in [0, 0.1) is 13.8 Å². The van der Waals surface area contributed by atoms with Gasteiger partial charge in [-0.1, -0.05) is 36.8 Å². The first-order chi connectivity index (χ1) is 11.6. The van der Waals surface area contributed by atoms with Crippen molar-refractivity contribution >= 4 is 11.6 Å². The van der Waals surface area contributed by atoms with Gasteiger partial charge in [-0.2, -0.15) is 0 Å². The number of carbonyl (C=O) groups excluding carboxylic acids is 1. The second kappa shape index (κ2) is 7.08. The quantitative estimate of drug-likeness (QED) is 0.857. The van der Waals surface area contributed by atoms with Crippen molar-refractivity contribution in [1.82, 2.24) is 4.90 Å². The molecule has 1 aliphatic rings. The molecule has 0 saturated carbocycles. The number of hydrogen-bond acceptors (Lipinski definition) is 2. The molecular formula is C21H26N2O. The maximum absolute atomic E-state index is 12.7. The van der Waals surface area contributed by atoms with Crippen molar-refractivity contribution in [2.75, 3.05) is 31.1 Å². The van der Waals surface area contributed by atoms with Crippen molar-refractivity contribution in [3.63, 3.8) is 0 Å². The number of anilines is 1. The van der Waals surface area contributed by atoms with Crippen molar-refractivity contribution in [2.24, 2.45) is 0 Å². The van der Waals surface area contributed by atoms with E-state index in [1.807, 2.05) is 17.0 Å². The van der Waals surface area contributed by atoms with E-state index in [0.29, 0.717) is 0 Å². The fourth-order valence-corrected chi connectivity index (χ4v) is 3.38. The van der Waals surface area contributed by atoms with Crippen molar-refractivity contribution < 1.29 is 4.79 Å². The van der Waals surface area contributed by atoms with Crippen LogP contribution in [-0.4, -0.2) is 37.0 Å². The van der Waals surface area contributed by atoms with Gasteiger partial charge in [0.15, 0.2) is 0 Å².